The van der Waals surface area contributed by atoms with Crippen LogP contribution in [0.1, 0.15) is 11.3 Å². The minimum absolute atomic E-state index is 0.133. The van der Waals surface area contributed by atoms with E-state index in [0.717, 1.165) is 21.5 Å². The van der Waals surface area contributed by atoms with Gasteiger partial charge >= 0.3 is 0 Å². The van der Waals surface area contributed by atoms with Crippen LogP contribution in [0.4, 0.5) is 0 Å². The van der Waals surface area contributed by atoms with Crippen molar-refractivity contribution in [2.45, 2.75) is 13.1 Å². The van der Waals surface area contributed by atoms with E-state index in [-0.39, 0.29) is 11.2 Å². The van der Waals surface area contributed by atoms with Crippen LogP contribution >= 0.6 is 15.9 Å². The number of hydrogen-bond acceptors (Lipinski definition) is 6. The van der Waals surface area contributed by atoms with Crippen molar-refractivity contribution < 1.29 is 18.3 Å². The number of furan rings is 1. The highest BCUT2D eigenvalue weighted by molar-refractivity contribution is 9.10. The van der Waals surface area contributed by atoms with Crippen LogP contribution in [0.25, 0.3) is 11.0 Å². The maximum Gasteiger partial charge on any atom is 0.235 e. The van der Waals surface area contributed by atoms with Gasteiger partial charge in [0.15, 0.2) is 0 Å². The number of benzene rings is 2. The number of ether oxygens (including phenoxy) is 2. The zero-order chi connectivity index (χ0) is 19.8. The van der Waals surface area contributed by atoms with E-state index >= 15 is 0 Å². The van der Waals surface area contributed by atoms with E-state index in [1.165, 1.54) is 6.26 Å². The van der Waals surface area contributed by atoms with Crippen LogP contribution < -0.4 is 14.9 Å². The van der Waals surface area contributed by atoms with Crippen molar-refractivity contribution in [2.24, 2.45) is 0 Å². The Bertz CT molecular complexity index is 1230. The molecule has 5 rings (SSSR count). The minimum atomic E-state index is -0.229. The third-order valence-electron chi connectivity index (χ3n) is 4.77. The van der Waals surface area contributed by atoms with Gasteiger partial charge in [-0.3, -0.25) is 9.69 Å². The first-order valence-electron chi connectivity index (χ1n) is 9.06. The van der Waals surface area contributed by atoms with Gasteiger partial charge in [0.1, 0.15) is 35.8 Å². The molecule has 0 spiro atoms. The standard InChI is InChI=1S/C22H16BrNO5/c23-17-5-1-2-6-19(17)29-20-12-27-22-15(21(20)25)7-8-18-16(22)11-24(13-28-18)10-14-4-3-9-26-14/h1-9,12H,10-11,13H2. The Kier molecular flexibility index (Phi) is 4.61. The van der Waals surface area contributed by atoms with Gasteiger partial charge in [0.25, 0.3) is 0 Å². The number of rotatable bonds is 4. The number of fused-ring (bicyclic) bond motifs is 3. The summed E-state index contributed by atoms with van der Waals surface area (Å²) in [4.78, 5) is 15.1. The van der Waals surface area contributed by atoms with E-state index in [1.54, 1.807) is 24.5 Å². The molecule has 0 N–H and O–H groups in total. The van der Waals surface area contributed by atoms with E-state index in [4.69, 9.17) is 18.3 Å². The second-order valence-electron chi connectivity index (χ2n) is 6.72. The fraction of sp³-hybridized carbons (Fsp3) is 0.136. The lowest BCUT2D eigenvalue weighted by Gasteiger charge is -2.28. The highest BCUT2D eigenvalue weighted by Crippen LogP contribution is 2.34. The second-order valence-corrected chi connectivity index (χ2v) is 7.57. The van der Waals surface area contributed by atoms with Crippen molar-refractivity contribution in [2.75, 3.05) is 6.73 Å². The summed E-state index contributed by atoms with van der Waals surface area (Å²) in [5, 5.41) is 0.455. The Balaban J connectivity index is 1.50. The molecule has 0 radical (unpaired) electrons. The molecule has 0 aliphatic carbocycles. The maximum atomic E-state index is 13.0. The van der Waals surface area contributed by atoms with Gasteiger partial charge in [0, 0.05) is 6.54 Å². The summed E-state index contributed by atoms with van der Waals surface area (Å²) < 4.78 is 23.7. The molecule has 0 saturated carbocycles. The quantitative estimate of drug-likeness (QED) is 0.418. The third-order valence-corrected chi connectivity index (χ3v) is 5.43. The van der Waals surface area contributed by atoms with E-state index in [1.807, 2.05) is 30.3 Å². The van der Waals surface area contributed by atoms with Gasteiger partial charge in [-0.2, -0.15) is 0 Å². The zero-order valence-corrected chi connectivity index (χ0v) is 16.8. The van der Waals surface area contributed by atoms with Gasteiger partial charge in [-0.25, -0.2) is 0 Å². The molecule has 146 valence electrons. The lowest BCUT2D eigenvalue weighted by Crippen LogP contribution is -2.31. The van der Waals surface area contributed by atoms with E-state index < -0.39 is 0 Å². The molecule has 0 saturated heterocycles. The molecule has 0 bridgehead atoms. The Morgan fingerprint density at radius 3 is 2.76 bits per heavy atom. The first-order chi connectivity index (χ1) is 14.2. The minimum Gasteiger partial charge on any atom is -0.478 e. The molecule has 1 aliphatic heterocycles. The predicted molar refractivity (Wildman–Crippen MR) is 110 cm³/mol. The predicted octanol–water partition coefficient (Wildman–Crippen LogP) is 5.29. The lowest BCUT2D eigenvalue weighted by atomic mass is 10.1. The van der Waals surface area contributed by atoms with Crippen molar-refractivity contribution in [3.8, 4) is 17.2 Å². The topological polar surface area (TPSA) is 65.1 Å². The number of halogens is 1. The summed E-state index contributed by atoms with van der Waals surface area (Å²) in [5.41, 5.74) is 1.12. The SMILES string of the molecule is O=c1c(Oc2ccccc2Br)coc2c3c(ccc12)OCN(Cc1ccco1)C3. The summed E-state index contributed by atoms with van der Waals surface area (Å²) in [6.07, 6.45) is 3.00. The van der Waals surface area contributed by atoms with Crippen molar-refractivity contribution in [1.82, 2.24) is 4.90 Å². The molecule has 6 nitrogen and oxygen atoms in total. The van der Waals surface area contributed by atoms with Crippen LogP contribution in [0.3, 0.4) is 0 Å². The number of para-hydroxylation sites is 1. The Hall–Kier alpha value is -3.03. The van der Waals surface area contributed by atoms with Crippen LogP contribution in [0, 0.1) is 0 Å². The van der Waals surface area contributed by atoms with E-state index in [9.17, 15) is 4.79 Å². The zero-order valence-electron chi connectivity index (χ0n) is 15.3. The summed E-state index contributed by atoms with van der Waals surface area (Å²) in [6, 6.07) is 14.6. The molecule has 0 unspecified atom stereocenters. The molecular formula is C22H16BrNO5. The molecule has 29 heavy (non-hydrogen) atoms. The Morgan fingerprint density at radius 2 is 1.93 bits per heavy atom. The molecular weight excluding hydrogens is 438 g/mol. The molecule has 2 aromatic heterocycles. The monoisotopic (exact) mass is 453 g/mol. The fourth-order valence-electron chi connectivity index (χ4n) is 3.38. The lowest BCUT2D eigenvalue weighted by molar-refractivity contribution is 0.0826. The first kappa shape index (κ1) is 18.0. The van der Waals surface area contributed by atoms with Crippen LogP contribution in [-0.2, 0) is 13.1 Å². The van der Waals surface area contributed by atoms with Crippen molar-refractivity contribution in [3.63, 3.8) is 0 Å². The molecule has 0 fully saturated rings. The van der Waals surface area contributed by atoms with Crippen LogP contribution in [0.2, 0.25) is 0 Å². The summed E-state index contributed by atoms with van der Waals surface area (Å²) in [5.74, 6) is 2.25. The molecule has 2 aromatic carbocycles. The van der Waals surface area contributed by atoms with Crippen molar-refractivity contribution in [3.05, 3.63) is 87.1 Å². The summed E-state index contributed by atoms with van der Waals surface area (Å²) >= 11 is 3.42. The van der Waals surface area contributed by atoms with E-state index in [2.05, 4.69) is 20.8 Å². The Morgan fingerprint density at radius 1 is 1.03 bits per heavy atom. The average Bonchev–Trinajstić information content (AvgIpc) is 3.24. The fourth-order valence-corrected chi connectivity index (χ4v) is 3.74. The molecule has 3 heterocycles. The third kappa shape index (κ3) is 3.43. The second kappa shape index (κ2) is 7.42. The average molecular weight is 454 g/mol. The summed E-state index contributed by atoms with van der Waals surface area (Å²) in [7, 11) is 0. The highest BCUT2D eigenvalue weighted by atomic mass is 79.9. The first-order valence-corrected chi connectivity index (χ1v) is 9.85. The van der Waals surface area contributed by atoms with Gasteiger partial charge in [-0.1, -0.05) is 12.1 Å². The normalized spacial score (nSPS) is 13.8. The van der Waals surface area contributed by atoms with Gasteiger partial charge in [0.05, 0.1) is 28.2 Å². The highest BCUT2D eigenvalue weighted by Gasteiger charge is 2.23. The largest absolute Gasteiger partial charge is 0.478 e. The molecule has 7 heteroatoms. The molecule has 0 atom stereocenters. The molecule has 4 aromatic rings. The molecule has 0 amide bonds. The summed E-state index contributed by atoms with van der Waals surface area (Å²) in [6.45, 7) is 1.63. The number of hydrogen-bond donors (Lipinski definition) is 0. The smallest absolute Gasteiger partial charge is 0.235 e. The van der Waals surface area contributed by atoms with Crippen molar-refractivity contribution >= 4 is 26.9 Å². The van der Waals surface area contributed by atoms with Crippen LogP contribution in [0.5, 0.6) is 17.2 Å². The number of nitrogens with zero attached hydrogens (tertiary/aromatic N) is 1. The Labute approximate surface area is 174 Å². The van der Waals surface area contributed by atoms with Gasteiger partial charge < -0.3 is 18.3 Å². The van der Waals surface area contributed by atoms with Crippen molar-refractivity contribution in [1.29, 1.82) is 0 Å². The van der Waals surface area contributed by atoms with Crippen LogP contribution in [0.15, 0.2) is 79.2 Å². The maximum absolute atomic E-state index is 13.0. The molecule has 1 aliphatic rings. The van der Waals surface area contributed by atoms with Gasteiger partial charge in [-0.15, -0.1) is 0 Å². The van der Waals surface area contributed by atoms with Gasteiger partial charge in [0.2, 0.25) is 11.2 Å². The van der Waals surface area contributed by atoms with Crippen LogP contribution in [-0.4, -0.2) is 11.6 Å². The van der Waals surface area contributed by atoms with Gasteiger partial charge in [-0.05, 0) is 52.3 Å². The van der Waals surface area contributed by atoms with E-state index in [0.29, 0.717) is 36.5 Å².